The molecule has 1 atom stereocenters. The zero-order valence-corrected chi connectivity index (χ0v) is 19.3. The van der Waals surface area contributed by atoms with Crippen LogP contribution < -0.4 is 15.1 Å². The molecule has 1 spiro atoms. The fourth-order valence-corrected chi connectivity index (χ4v) is 5.83. The van der Waals surface area contributed by atoms with Crippen LogP contribution in [-0.2, 0) is 25.7 Å². The Kier molecular flexibility index (Phi) is 5.61. The summed E-state index contributed by atoms with van der Waals surface area (Å²) in [5.74, 6) is -1.29. The molecule has 0 unspecified atom stereocenters. The summed E-state index contributed by atoms with van der Waals surface area (Å²) >= 11 is 1.22. The van der Waals surface area contributed by atoms with E-state index in [-0.39, 0.29) is 30.0 Å². The van der Waals surface area contributed by atoms with E-state index in [9.17, 15) is 18.8 Å². The van der Waals surface area contributed by atoms with Crippen LogP contribution in [0.1, 0.15) is 18.1 Å². The minimum atomic E-state index is -1.34. The van der Waals surface area contributed by atoms with Gasteiger partial charge in [0, 0.05) is 16.9 Å². The van der Waals surface area contributed by atoms with Gasteiger partial charge in [0.1, 0.15) is 12.4 Å². The summed E-state index contributed by atoms with van der Waals surface area (Å²) < 4.78 is 13.6. The molecule has 2 heterocycles. The van der Waals surface area contributed by atoms with Crippen LogP contribution >= 0.6 is 11.8 Å². The quantitative estimate of drug-likeness (QED) is 0.597. The number of anilines is 3. The fraction of sp³-hybridized carbons (Fsp3) is 0.192. The Morgan fingerprint density at radius 2 is 1.74 bits per heavy atom. The minimum absolute atomic E-state index is 0.0985. The van der Waals surface area contributed by atoms with Gasteiger partial charge in [0.05, 0.1) is 11.4 Å². The summed E-state index contributed by atoms with van der Waals surface area (Å²) in [5, 5.41) is 2.85. The molecule has 0 radical (unpaired) electrons. The molecule has 1 saturated heterocycles. The molecule has 0 aliphatic carbocycles. The highest BCUT2D eigenvalue weighted by Crippen LogP contribution is 2.55. The summed E-state index contributed by atoms with van der Waals surface area (Å²) in [7, 11) is 0. The van der Waals surface area contributed by atoms with Crippen LogP contribution in [-0.4, -0.2) is 30.0 Å². The van der Waals surface area contributed by atoms with Gasteiger partial charge < -0.3 is 5.32 Å². The lowest BCUT2D eigenvalue weighted by molar-refractivity contribution is -0.124. The molecule has 0 aromatic heterocycles. The lowest BCUT2D eigenvalue weighted by atomic mass is 10.0. The number of para-hydroxylation sites is 1. The van der Waals surface area contributed by atoms with Crippen LogP contribution in [0.4, 0.5) is 21.5 Å². The first-order valence-electron chi connectivity index (χ1n) is 11.0. The van der Waals surface area contributed by atoms with E-state index in [1.165, 1.54) is 45.8 Å². The summed E-state index contributed by atoms with van der Waals surface area (Å²) in [6.07, 6.45) is 0.899. The van der Waals surface area contributed by atoms with Crippen molar-refractivity contribution < 1.29 is 18.8 Å². The number of thioether (sulfide) groups is 1. The number of hydrogen-bond donors (Lipinski definition) is 1. The van der Waals surface area contributed by atoms with Crippen LogP contribution in [0.2, 0.25) is 0 Å². The Bertz CT molecular complexity index is 1280. The molecule has 2 aliphatic heterocycles. The van der Waals surface area contributed by atoms with Gasteiger partial charge in [-0.2, -0.15) is 0 Å². The van der Waals surface area contributed by atoms with E-state index in [1.54, 1.807) is 24.3 Å². The lowest BCUT2D eigenvalue weighted by Gasteiger charge is -2.33. The standard InChI is InChI=1S/C26H22FN3O3S/c1-2-17-7-11-19(12-8-17)28-23(31)15-29-22-6-4-3-5-21(22)26(25(29)33)30(24(32)16-34-26)20-13-9-18(27)10-14-20/h3-14H,2,15-16H2,1H3,(H,28,31)/t26-/m1/s1. The molecular formula is C26H22FN3O3S. The largest absolute Gasteiger partial charge is 0.325 e. The first-order chi connectivity index (χ1) is 16.4. The highest BCUT2D eigenvalue weighted by Gasteiger charge is 2.61. The number of rotatable bonds is 5. The highest BCUT2D eigenvalue weighted by atomic mass is 32.2. The summed E-state index contributed by atoms with van der Waals surface area (Å²) in [4.78, 5) is 41.3. The van der Waals surface area contributed by atoms with Crippen molar-refractivity contribution in [3.63, 3.8) is 0 Å². The van der Waals surface area contributed by atoms with Crippen molar-refractivity contribution in [1.82, 2.24) is 0 Å². The molecule has 34 heavy (non-hydrogen) atoms. The number of carbonyl (C=O) groups is 3. The maximum Gasteiger partial charge on any atom is 0.269 e. The maximum absolute atomic E-state index is 13.9. The predicted octanol–water partition coefficient (Wildman–Crippen LogP) is 4.31. The Balaban J connectivity index is 1.48. The molecule has 1 N–H and O–H groups in total. The second kappa shape index (κ2) is 8.61. The number of aryl methyl sites for hydroxylation is 1. The van der Waals surface area contributed by atoms with E-state index >= 15 is 0 Å². The Labute approximate surface area is 200 Å². The second-order valence-electron chi connectivity index (χ2n) is 8.15. The number of halogens is 1. The van der Waals surface area contributed by atoms with E-state index in [0.29, 0.717) is 22.6 Å². The van der Waals surface area contributed by atoms with E-state index in [0.717, 1.165) is 12.0 Å². The van der Waals surface area contributed by atoms with Crippen molar-refractivity contribution >= 4 is 46.5 Å². The molecule has 0 saturated carbocycles. The second-order valence-corrected chi connectivity index (χ2v) is 9.31. The monoisotopic (exact) mass is 475 g/mol. The van der Waals surface area contributed by atoms with Crippen LogP contribution in [0.3, 0.4) is 0 Å². The third-order valence-electron chi connectivity index (χ3n) is 6.10. The molecule has 1 fully saturated rings. The smallest absolute Gasteiger partial charge is 0.269 e. The minimum Gasteiger partial charge on any atom is -0.325 e. The average Bonchev–Trinajstić information content (AvgIpc) is 3.31. The number of benzene rings is 3. The number of hydrogen-bond acceptors (Lipinski definition) is 4. The third kappa shape index (κ3) is 3.54. The van der Waals surface area contributed by atoms with Crippen molar-refractivity contribution in [3.05, 3.63) is 89.7 Å². The van der Waals surface area contributed by atoms with Gasteiger partial charge in [0.25, 0.3) is 5.91 Å². The number of carbonyl (C=O) groups excluding carboxylic acids is 3. The molecule has 5 rings (SSSR count). The number of amides is 3. The van der Waals surface area contributed by atoms with Crippen LogP contribution in [0.5, 0.6) is 0 Å². The zero-order valence-electron chi connectivity index (χ0n) is 18.5. The molecule has 3 aromatic carbocycles. The number of nitrogens with zero attached hydrogens (tertiary/aromatic N) is 2. The Morgan fingerprint density at radius 3 is 2.44 bits per heavy atom. The summed E-state index contributed by atoms with van der Waals surface area (Å²) in [6, 6.07) is 20.2. The molecular weight excluding hydrogens is 453 g/mol. The molecule has 3 amide bonds. The molecule has 6 nitrogen and oxygen atoms in total. The van der Waals surface area contributed by atoms with E-state index in [4.69, 9.17) is 0 Å². The van der Waals surface area contributed by atoms with Gasteiger partial charge in [0.15, 0.2) is 0 Å². The lowest BCUT2D eigenvalue weighted by Crippen LogP contribution is -2.50. The van der Waals surface area contributed by atoms with Gasteiger partial charge in [-0.1, -0.05) is 37.3 Å². The van der Waals surface area contributed by atoms with E-state index in [1.807, 2.05) is 24.3 Å². The Morgan fingerprint density at radius 1 is 1.03 bits per heavy atom. The van der Waals surface area contributed by atoms with Crippen LogP contribution in [0, 0.1) is 5.82 Å². The molecule has 2 aliphatic rings. The summed E-state index contributed by atoms with van der Waals surface area (Å²) in [6.45, 7) is 1.86. The third-order valence-corrected chi connectivity index (χ3v) is 7.48. The molecule has 172 valence electrons. The normalized spacial score (nSPS) is 19.1. The number of fused-ring (bicyclic) bond motifs is 2. The average molecular weight is 476 g/mol. The van der Waals surface area contributed by atoms with Gasteiger partial charge in [0.2, 0.25) is 16.7 Å². The van der Waals surface area contributed by atoms with Gasteiger partial charge in [-0.3, -0.25) is 24.2 Å². The first-order valence-corrected chi connectivity index (χ1v) is 12.0. The predicted molar refractivity (Wildman–Crippen MR) is 131 cm³/mol. The highest BCUT2D eigenvalue weighted by molar-refractivity contribution is 8.02. The molecule has 8 heteroatoms. The fourth-order valence-electron chi connectivity index (χ4n) is 4.47. The summed E-state index contributed by atoms with van der Waals surface area (Å²) in [5.41, 5.74) is 3.46. The SMILES string of the molecule is CCc1ccc(NC(=O)CN2C(=O)[C@]3(SCC(=O)N3c3ccc(F)cc3)c3ccccc32)cc1. The van der Waals surface area contributed by atoms with Gasteiger partial charge in [-0.15, -0.1) is 11.8 Å². The maximum atomic E-state index is 13.9. The van der Waals surface area contributed by atoms with Crippen molar-refractivity contribution in [2.45, 2.75) is 18.2 Å². The van der Waals surface area contributed by atoms with Crippen molar-refractivity contribution in [2.24, 2.45) is 0 Å². The topological polar surface area (TPSA) is 69.7 Å². The van der Waals surface area contributed by atoms with E-state index in [2.05, 4.69) is 12.2 Å². The Hall–Kier alpha value is -3.65. The van der Waals surface area contributed by atoms with Crippen molar-refractivity contribution in [1.29, 1.82) is 0 Å². The van der Waals surface area contributed by atoms with Crippen molar-refractivity contribution in [3.8, 4) is 0 Å². The molecule has 0 bridgehead atoms. The van der Waals surface area contributed by atoms with Gasteiger partial charge in [-0.05, 0) is 54.4 Å². The van der Waals surface area contributed by atoms with Crippen LogP contribution in [0.25, 0.3) is 0 Å². The first kappa shape index (κ1) is 22.2. The molecule has 3 aromatic rings. The van der Waals surface area contributed by atoms with E-state index < -0.39 is 10.7 Å². The van der Waals surface area contributed by atoms with Gasteiger partial charge >= 0.3 is 0 Å². The zero-order chi connectivity index (χ0) is 23.9. The van der Waals surface area contributed by atoms with Crippen molar-refractivity contribution in [2.75, 3.05) is 27.4 Å². The van der Waals surface area contributed by atoms with Gasteiger partial charge in [-0.25, -0.2) is 4.39 Å². The van der Waals surface area contributed by atoms with Crippen LogP contribution in [0.15, 0.2) is 72.8 Å². The number of nitrogens with one attached hydrogen (secondary N) is 1.